The lowest BCUT2D eigenvalue weighted by Crippen LogP contribution is -2.56. The predicted octanol–water partition coefficient (Wildman–Crippen LogP) is 2.82. The van der Waals surface area contributed by atoms with Gasteiger partial charge in [0, 0.05) is 37.9 Å². The Hall–Kier alpha value is -1.00. The largest absolute Gasteiger partial charge is 0.311 e. The molecule has 0 bridgehead atoms. The van der Waals surface area contributed by atoms with Gasteiger partial charge in [0.2, 0.25) is 0 Å². The van der Waals surface area contributed by atoms with Gasteiger partial charge < -0.3 is 5.32 Å². The van der Waals surface area contributed by atoms with E-state index < -0.39 is 0 Å². The number of hydrogen-bond donors (Lipinski definition) is 1. The molecule has 0 aliphatic carbocycles. The molecule has 2 unspecified atom stereocenters. The van der Waals surface area contributed by atoms with Crippen LogP contribution >= 0.6 is 0 Å². The van der Waals surface area contributed by atoms with Crippen molar-refractivity contribution >= 4 is 0 Å². The van der Waals surface area contributed by atoms with E-state index in [1.807, 2.05) is 0 Å². The van der Waals surface area contributed by atoms with Crippen molar-refractivity contribution in [3.63, 3.8) is 0 Å². The number of hydrogen-bond acceptors (Lipinski definition) is 3. The molecule has 1 aromatic rings. The summed E-state index contributed by atoms with van der Waals surface area (Å²) in [5.74, 6) is 0.452. The summed E-state index contributed by atoms with van der Waals surface area (Å²) in [6, 6.07) is 2.67. The van der Waals surface area contributed by atoms with Crippen molar-refractivity contribution in [1.82, 2.24) is 15.2 Å². The van der Waals surface area contributed by atoms with Crippen molar-refractivity contribution in [3.8, 4) is 0 Å². The molecule has 1 fully saturated rings. The van der Waals surface area contributed by atoms with Crippen LogP contribution in [-0.4, -0.2) is 35.1 Å². The molecule has 2 rings (SSSR count). The number of nitrogens with one attached hydrogen (secondary N) is 1. The van der Waals surface area contributed by atoms with E-state index in [1.54, 1.807) is 12.3 Å². The zero-order chi connectivity index (χ0) is 14.5. The standard InChI is InChI=1S/C16H26FN3/c1-4-16-9-19-15(5-12(2)3)11-20(16)10-13-6-14(17)8-18-7-13/h6-8,12,15-16,19H,4-5,9-11H2,1-3H3. The van der Waals surface area contributed by atoms with Crippen LogP contribution in [0.5, 0.6) is 0 Å². The van der Waals surface area contributed by atoms with Crippen LogP contribution < -0.4 is 5.32 Å². The van der Waals surface area contributed by atoms with E-state index in [-0.39, 0.29) is 5.82 Å². The summed E-state index contributed by atoms with van der Waals surface area (Å²) in [4.78, 5) is 6.42. The maximum atomic E-state index is 13.3. The fourth-order valence-corrected chi connectivity index (χ4v) is 3.03. The molecule has 112 valence electrons. The number of rotatable bonds is 5. The van der Waals surface area contributed by atoms with Crippen LogP contribution in [0, 0.1) is 11.7 Å². The van der Waals surface area contributed by atoms with Crippen molar-refractivity contribution in [2.24, 2.45) is 5.92 Å². The number of halogens is 1. The van der Waals surface area contributed by atoms with E-state index in [9.17, 15) is 4.39 Å². The average molecular weight is 279 g/mol. The fourth-order valence-electron chi connectivity index (χ4n) is 3.03. The molecule has 0 spiro atoms. The summed E-state index contributed by atoms with van der Waals surface area (Å²) in [7, 11) is 0. The van der Waals surface area contributed by atoms with Gasteiger partial charge in [-0.25, -0.2) is 4.39 Å². The molecule has 0 saturated carbocycles. The molecular weight excluding hydrogens is 253 g/mol. The van der Waals surface area contributed by atoms with Gasteiger partial charge in [-0.05, 0) is 30.4 Å². The van der Waals surface area contributed by atoms with Crippen molar-refractivity contribution < 1.29 is 4.39 Å². The van der Waals surface area contributed by atoms with Crippen LogP contribution in [0.1, 0.15) is 39.2 Å². The minimum absolute atomic E-state index is 0.246. The van der Waals surface area contributed by atoms with Crippen LogP contribution in [0.25, 0.3) is 0 Å². The van der Waals surface area contributed by atoms with Gasteiger partial charge in [-0.1, -0.05) is 20.8 Å². The Morgan fingerprint density at radius 2 is 2.25 bits per heavy atom. The molecule has 1 aromatic heterocycles. The molecule has 0 aromatic carbocycles. The van der Waals surface area contributed by atoms with Gasteiger partial charge >= 0.3 is 0 Å². The summed E-state index contributed by atoms with van der Waals surface area (Å²) in [5, 5.41) is 3.65. The van der Waals surface area contributed by atoms with Crippen molar-refractivity contribution in [2.45, 2.75) is 52.2 Å². The molecule has 2 heterocycles. The van der Waals surface area contributed by atoms with Crippen LogP contribution in [-0.2, 0) is 6.54 Å². The second kappa shape index (κ2) is 7.14. The van der Waals surface area contributed by atoms with Crippen molar-refractivity contribution in [3.05, 3.63) is 29.8 Å². The molecule has 1 aliphatic heterocycles. The third kappa shape index (κ3) is 4.25. The highest BCUT2D eigenvalue weighted by Crippen LogP contribution is 2.18. The average Bonchev–Trinajstić information content (AvgIpc) is 2.38. The lowest BCUT2D eigenvalue weighted by atomic mass is 9.98. The highest BCUT2D eigenvalue weighted by atomic mass is 19.1. The Morgan fingerprint density at radius 1 is 1.45 bits per heavy atom. The third-order valence-electron chi connectivity index (χ3n) is 3.99. The molecular formula is C16H26FN3. The van der Waals surface area contributed by atoms with E-state index in [0.717, 1.165) is 31.6 Å². The zero-order valence-electron chi connectivity index (χ0n) is 12.8. The second-order valence-electron chi connectivity index (χ2n) is 6.24. The molecule has 3 nitrogen and oxygen atoms in total. The number of pyridine rings is 1. The van der Waals surface area contributed by atoms with Crippen LogP contribution in [0.2, 0.25) is 0 Å². The first-order valence-corrected chi connectivity index (χ1v) is 7.65. The number of nitrogens with zero attached hydrogens (tertiary/aromatic N) is 2. The smallest absolute Gasteiger partial charge is 0.141 e. The highest BCUT2D eigenvalue weighted by molar-refractivity contribution is 5.10. The van der Waals surface area contributed by atoms with E-state index in [0.29, 0.717) is 18.0 Å². The maximum absolute atomic E-state index is 13.3. The monoisotopic (exact) mass is 279 g/mol. The van der Waals surface area contributed by atoms with Gasteiger partial charge in [-0.15, -0.1) is 0 Å². The molecule has 1 aliphatic rings. The SMILES string of the molecule is CCC1CNC(CC(C)C)CN1Cc1cncc(F)c1. The summed E-state index contributed by atoms with van der Waals surface area (Å²) in [6.45, 7) is 9.58. The van der Waals surface area contributed by atoms with E-state index >= 15 is 0 Å². The van der Waals surface area contributed by atoms with Gasteiger partial charge in [-0.2, -0.15) is 0 Å². The van der Waals surface area contributed by atoms with Gasteiger partial charge in [0.25, 0.3) is 0 Å². The number of aromatic nitrogens is 1. The van der Waals surface area contributed by atoms with Gasteiger partial charge in [0.15, 0.2) is 0 Å². The zero-order valence-corrected chi connectivity index (χ0v) is 12.8. The van der Waals surface area contributed by atoms with Crippen LogP contribution in [0.15, 0.2) is 18.5 Å². The second-order valence-corrected chi connectivity index (χ2v) is 6.24. The van der Waals surface area contributed by atoms with Crippen LogP contribution in [0.4, 0.5) is 4.39 Å². The van der Waals surface area contributed by atoms with Crippen molar-refractivity contribution in [1.29, 1.82) is 0 Å². The van der Waals surface area contributed by atoms with Gasteiger partial charge in [0.1, 0.15) is 5.82 Å². The Balaban J connectivity index is 2.01. The Bertz CT molecular complexity index is 422. The van der Waals surface area contributed by atoms with Gasteiger partial charge in [-0.3, -0.25) is 9.88 Å². The summed E-state index contributed by atoms with van der Waals surface area (Å²) in [6.07, 6.45) is 5.34. The normalized spacial score (nSPS) is 24.2. The summed E-state index contributed by atoms with van der Waals surface area (Å²) < 4.78 is 13.3. The Morgan fingerprint density at radius 3 is 2.90 bits per heavy atom. The first-order valence-electron chi connectivity index (χ1n) is 7.65. The van der Waals surface area contributed by atoms with Crippen LogP contribution in [0.3, 0.4) is 0 Å². The molecule has 0 amide bonds. The fraction of sp³-hybridized carbons (Fsp3) is 0.688. The molecule has 4 heteroatoms. The van der Waals surface area contributed by atoms with E-state index in [4.69, 9.17) is 0 Å². The molecule has 1 saturated heterocycles. The van der Waals surface area contributed by atoms with Gasteiger partial charge in [0.05, 0.1) is 6.20 Å². The lowest BCUT2D eigenvalue weighted by Gasteiger charge is -2.40. The maximum Gasteiger partial charge on any atom is 0.141 e. The Kier molecular flexibility index (Phi) is 5.49. The van der Waals surface area contributed by atoms with E-state index in [1.165, 1.54) is 12.6 Å². The number of piperazine rings is 1. The minimum atomic E-state index is -0.246. The molecule has 20 heavy (non-hydrogen) atoms. The summed E-state index contributed by atoms with van der Waals surface area (Å²) in [5.41, 5.74) is 0.966. The topological polar surface area (TPSA) is 28.2 Å². The van der Waals surface area contributed by atoms with Crippen molar-refractivity contribution in [2.75, 3.05) is 13.1 Å². The quantitative estimate of drug-likeness (QED) is 0.898. The Labute approximate surface area is 121 Å². The molecule has 0 radical (unpaired) electrons. The lowest BCUT2D eigenvalue weighted by molar-refractivity contribution is 0.111. The highest BCUT2D eigenvalue weighted by Gasteiger charge is 2.27. The first-order chi connectivity index (χ1) is 9.58. The first kappa shape index (κ1) is 15.4. The predicted molar refractivity (Wildman–Crippen MR) is 79.9 cm³/mol. The third-order valence-corrected chi connectivity index (χ3v) is 3.99. The molecule has 2 atom stereocenters. The summed E-state index contributed by atoms with van der Waals surface area (Å²) >= 11 is 0. The minimum Gasteiger partial charge on any atom is -0.311 e. The van der Waals surface area contributed by atoms with E-state index in [2.05, 4.69) is 36.0 Å². The molecule has 1 N–H and O–H groups in total.